The van der Waals surface area contributed by atoms with Gasteiger partial charge in [-0.05, 0) is 30.6 Å². The van der Waals surface area contributed by atoms with Crippen LogP contribution in [0.3, 0.4) is 0 Å². The number of hydrogen-bond donors (Lipinski definition) is 2. The molecule has 1 atom stereocenters. The Morgan fingerprint density at radius 3 is 2.75 bits per heavy atom. The lowest BCUT2D eigenvalue weighted by molar-refractivity contribution is -0.389. The summed E-state index contributed by atoms with van der Waals surface area (Å²) in [7, 11) is 0. The van der Waals surface area contributed by atoms with Crippen molar-refractivity contribution in [3.8, 4) is 0 Å². The summed E-state index contributed by atoms with van der Waals surface area (Å²) in [5.41, 5.74) is -1.30. The number of carbonyl (C=O) groups is 2. The van der Waals surface area contributed by atoms with Crippen LogP contribution in [0.15, 0.2) is 12.3 Å². The second kappa shape index (κ2) is 4.91. The van der Waals surface area contributed by atoms with Gasteiger partial charge in [-0.25, -0.2) is 4.79 Å². The molecule has 0 radical (unpaired) electrons. The molecule has 9 heteroatoms. The van der Waals surface area contributed by atoms with Gasteiger partial charge in [0.25, 0.3) is 0 Å². The number of rotatable bonds is 6. The van der Waals surface area contributed by atoms with Crippen LogP contribution in [-0.4, -0.2) is 37.2 Å². The molecule has 9 nitrogen and oxygen atoms in total. The first kappa shape index (κ1) is 14.0. The number of aliphatic carboxylic acids is 1. The van der Waals surface area contributed by atoms with E-state index in [0.29, 0.717) is 0 Å². The van der Waals surface area contributed by atoms with Crippen LogP contribution in [0.4, 0.5) is 5.82 Å². The first-order valence-corrected chi connectivity index (χ1v) is 6.05. The average Bonchev–Trinajstić information content (AvgIpc) is 3.10. The van der Waals surface area contributed by atoms with E-state index >= 15 is 0 Å². The van der Waals surface area contributed by atoms with Crippen LogP contribution in [0.2, 0.25) is 0 Å². The minimum atomic E-state index is -1.30. The fourth-order valence-electron chi connectivity index (χ4n) is 2.00. The summed E-state index contributed by atoms with van der Waals surface area (Å²) >= 11 is 0. The number of carboxylic acid groups (broad SMARTS) is 1. The molecule has 1 aromatic rings. The van der Waals surface area contributed by atoms with Crippen molar-refractivity contribution in [3.05, 3.63) is 22.4 Å². The van der Waals surface area contributed by atoms with Gasteiger partial charge < -0.3 is 20.5 Å². The van der Waals surface area contributed by atoms with E-state index in [1.165, 1.54) is 19.2 Å². The van der Waals surface area contributed by atoms with Crippen LogP contribution in [0.1, 0.15) is 19.8 Å². The number of aromatic nitrogens is 2. The van der Waals surface area contributed by atoms with Crippen LogP contribution in [0.5, 0.6) is 0 Å². The molecule has 1 fully saturated rings. The highest BCUT2D eigenvalue weighted by molar-refractivity contribution is 5.87. The minimum absolute atomic E-state index is 0.0732. The van der Waals surface area contributed by atoms with Gasteiger partial charge in [-0.1, -0.05) is 0 Å². The molecule has 1 aromatic heterocycles. The Kier molecular flexibility index (Phi) is 3.43. The van der Waals surface area contributed by atoms with E-state index in [-0.39, 0.29) is 18.3 Å². The SMILES string of the molecule is CC(NC(=O)Cn1ccc([N+](=O)[O-])n1)(C(=O)O)C1CC1. The lowest BCUT2D eigenvalue weighted by Gasteiger charge is -2.25. The number of nitrogens with zero attached hydrogens (tertiary/aromatic N) is 3. The number of amides is 1. The molecule has 1 aliphatic carbocycles. The van der Waals surface area contributed by atoms with E-state index < -0.39 is 22.3 Å². The van der Waals surface area contributed by atoms with Crippen LogP contribution >= 0.6 is 0 Å². The Bertz CT molecular complexity index is 565. The maximum absolute atomic E-state index is 11.8. The largest absolute Gasteiger partial charge is 0.480 e. The van der Waals surface area contributed by atoms with Crippen molar-refractivity contribution >= 4 is 17.7 Å². The molecule has 2 rings (SSSR count). The van der Waals surface area contributed by atoms with Gasteiger partial charge in [0.15, 0.2) is 0 Å². The molecular formula is C11H14N4O5. The summed E-state index contributed by atoms with van der Waals surface area (Å²) in [5.74, 6) is -2.06. The van der Waals surface area contributed by atoms with Crippen molar-refractivity contribution < 1.29 is 19.6 Å². The summed E-state index contributed by atoms with van der Waals surface area (Å²) in [5, 5.41) is 25.7. The number of hydrogen-bond acceptors (Lipinski definition) is 5. The van der Waals surface area contributed by atoms with Gasteiger partial charge in [0.1, 0.15) is 12.1 Å². The molecule has 1 amide bonds. The van der Waals surface area contributed by atoms with E-state index in [1.807, 2.05) is 0 Å². The van der Waals surface area contributed by atoms with E-state index in [4.69, 9.17) is 0 Å². The third-order valence-electron chi connectivity index (χ3n) is 3.36. The van der Waals surface area contributed by atoms with Gasteiger partial charge in [-0.15, -0.1) is 0 Å². The van der Waals surface area contributed by atoms with E-state index in [0.717, 1.165) is 17.5 Å². The highest BCUT2D eigenvalue weighted by Crippen LogP contribution is 2.39. The van der Waals surface area contributed by atoms with Crippen LogP contribution in [-0.2, 0) is 16.1 Å². The average molecular weight is 282 g/mol. The second-order valence-corrected chi connectivity index (χ2v) is 4.96. The fourth-order valence-corrected chi connectivity index (χ4v) is 2.00. The van der Waals surface area contributed by atoms with Crippen molar-refractivity contribution in [2.24, 2.45) is 5.92 Å². The Balaban J connectivity index is 2.00. The van der Waals surface area contributed by atoms with Crippen LogP contribution in [0, 0.1) is 16.0 Å². The highest BCUT2D eigenvalue weighted by atomic mass is 16.6. The number of nitrogens with one attached hydrogen (secondary N) is 1. The van der Waals surface area contributed by atoms with Gasteiger partial charge in [0.2, 0.25) is 5.91 Å². The molecule has 1 aliphatic rings. The summed E-state index contributed by atoms with van der Waals surface area (Å²) in [6, 6.07) is 1.17. The predicted molar refractivity (Wildman–Crippen MR) is 65.8 cm³/mol. The molecule has 1 heterocycles. The topological polar surface area (TPSA) is 127 Å². The third-order valence-corrected chi connectivity index (χ3v) is 3.36. The first-order chi connectivity index (χ1) is 9.33. The zero-order valence-electron chi connectivity index (χ0n) is 10.8. The molecule has 0 spiro atoms. The summed E-state index contributed by atoms with van der Waals surface area (Å²) in [6.07, 6.45) is 2.82. The van der Waals surface area contributed by atoms with Crippen LogP contribution in [0.25, 0.3) is 0 Å². The number of nitro groups is 1. The standard InChI is InChI=1S/C11H14N4O5/c1-11(10(17)18,7-2-3-7)12-9(16)6-14-5-4-8(13-14)15(19)20/h4-5,7H,2-3,6H2,1H3,(H,12,16)(H,17,18). The molecule has 20 heavy (non-hydrogen) atoms. The Hall–Kier alpha value is -2.45. The van der Waals surface area contributed by atoms with Crippen molar-refractivity contribution in [1.29, 1.82) is 0 Å². The lowest BCUT2D eigenvalue weighted by atomic mass is 9.96. The van der Waals surface area contributed by atoms with Crippen molar-refractivity contribution in [3.63, 3.8) is 0 Å². The van der Waals surface area contributed by atoms with Gasteiger partial charge in [-0.2, -0.15) is 4.68 Å². The minimum Gasteiger partial charge on any atom is -0.480 e. The number of carbonyl (C=O) groups excluding carboxylic acids is 1. The molecule has 0 saturated heterocycles. The van der Waals surface area contributed by atoms with E-state index in [1.54, 1.807) is 0 Å². The number of carboxylic acids is 1. The van der Waals surface area contributed by atoms with E-state index in [9.17, 15) is 24.8 Å². The van der Waals surface area contributed by atoms with Gasteiger partial charge in [0.05, 0.1) is 17.4 Å². The Morgan fingerprint density at radius 2 is 2.30 bits per heavy atom. The summed E-state index contributed by atoms with van der Waals surface area (Å²) < 4.78 is 1.10. The quantitative estimate of drug-likeness (QED) is 0.565. The molecule has 1 saturated carbocycles. The summed E-state index contributed by atoms with van der Waals surface area (Å²) in [4.78, 5) is 32.9. The van der Waals surface area contributed by atoms with Gasteiger partial charge >= 0.3 is 11.8 Å². The monoisotopic (exact) mass is 282 g/mol. The molecular weight excluding hydrogens is 268 g/mol. The zero-order chi connectivity index (χ0) is 14.9. The zero-order valence-corrected chi connectivity index (χ0v) is 10.8. The second-order valence-electron chi connectivity index (χ2n) is 4.96. The summed E-state index contributed by atoms with van der Waals surface area (Å²) in [6.45, 7) is 1.21. The molecule has 1 unspecified atom stereocenters. The lowest BCUT2D eigenvalue weighted by Crippen LogP contribution is -2.54. The van der Waals surface area contributed by atoms with Crippen molar-refractivity contribution in [2.45, 2.75) is 31.8 Å². The normalized spacial score (nSPS) is 17.2. The smallest absolute Gasteiger partial charge is 0.389 e. The molecule has 2 N–H and O–H groups in total. The molecule has 0 bridgehead atoms. The fraction of sp³-hybridized carbons (Fsp3) is 0.545. The molecule has 108 valence electrons. The molecule has 0 aromatic carbocycles. The molecule has 0 aliphatic heterocycles. The third kappa shape index (κ3) is 2.76. The van der Waals surface area contributed by atoms with Crippen molar-refractivity contribution in [1.82, 2.24) is 15.1 Å². The predicted octanol–water partition coefficient (Wildman–Crippen LogP) is 0.161. The Labute approximate surface area is 113 Å². The van der Waals surface area contributed by atoms with E-state index in [2.05, 4.69) is 10.4 Å². The Morgan fingerprint density at radius 1 is 1.65 bits per heavy atom. The van der Waals surface area contributed by atoms with Gasteiger partial charge in [0, 0.05) is 0 Å². The van der Waals surface area contributed by atoms with Gasteiger partial charge in [-0.3, -0.25) is 4.79 Å². The highest BCUT2D eigenvalue weighted by Gasteiger charge is 2.48. The first-order valence-electron chi connectivity index (χ1n) is 6.05. The van der Waals surface area contributed by atoms with Crippen molar-refractivity contribution in [2.75, 3.05) is 0 Å². The maximum atomic E-state index is 11.8. The maximum Gasteiger partial charge on any atom is 0.389 e. The van der Waals surface area contributed by atoms with Crippen LogP contribution < -0.4 is 5.32 Å².